The van der Waals surface area contributed by atoms with E-state index in [0.29, 0.717) is 35.0 Å². The number of nitrogens with one attached hydrogen (secondary N) is 1. The van der Waals surface area contributed by atoms with E-state index in [1.165, 1.54) is 16.8 Å². The maximum atomic E-state index is 6.59. The molecule has 1 heterocycles. The fourth-order valence-corrected chi connectivity index (χ4v) is 6.02. The quantitative estimate of drug-likeness (QED) is 0.170. The van der Waals surface area contributed by atoms with Crippen molar-refractivity contribution in [1.82, 2.24) is 0 Å². The average Bonchev–Trinajstić information content (AvgIpc) is 3.46. The zero-order valence-corrected chi connectivity index (χ0v) is 23.8. The SMILES string of the molecule is COc1cc(C=Nc2ccc([C@@H]3Nc4ccccc4[C@@H]4C=CC[C@@H]43)cc2)cc(Cl)c1OCc1ccc(Br)cc1. The molecule has 196 valence electrons. The van der Waals surface area contributed by atoms with E-state index in [-0.39, 0.29) is 6.04 Å². The molecule has 1 aliphatic carbocycles. The lowest BCUT2D eigenvalue weighted by atomic mass is 9.77. The van der Waals surface area contributed by atoms with Crippen LogP contribution in [-0.2, 0) is 6.61 Å². The van der Waals surface area contributed by atoms with Crippen molar-refractivity contribution >= 4 is 45.1 Å². The highest BCUT2D eigenvalue weighted by Crippen LogP contribution is 2.49. The molecule has 0 fully saturated rings. The van der Waals surface area contributed by atoms with Crippen LogP contribution in [0.1, 0.15) is 40.6 Å². The number of aliphatic imine (C=N–C) groups is 1. The molecule has 4 aromatic rings. The molecule has 0 bridgehead atoms. The third-order valence-electron chi connectivity index (χ3n) is 7.44. The molecular weight excluding hydrogens is 572 g/mol. The third kappa shape index (κ3) is 5.47. The molecular formula is C33H28BrClN2O2. The van der Waals surface area contributed by atoms with Crippen molar-refractivity contribution in [3.8, 4) is 11.5 Å². The normalized spacial score (nSPS) is 19.4. The number of halogens is 2. The topological polar surface area (TPSA) is 42.8 Å². The van der Waals surface area contributed by atoms with Crippen LogP contribution in [0.25, 0.3) is 0 Å². The summed E-state index contributed by atoms with van der Waals surface area (Å²) in [5.41, 5.74) is 6.65. The summed E-state index contributed by atoms with van der Waals surface area (Å²) in [5, 5.41) is 4.27. The Morgan fingerprint density at radius 3 is 2.62 bits per heavy atom. The molecule has 1 N–H and O–H groups in total. The average molecular weight is 600 g/mol. The molecule has 0 saturated heterocycles. The Bertz CT molecular complexity index is 1530. The standard InChI is InChI=1S/C33H28BrClN2O2/c1-38-31-18-22(17-29(35)33(31)39-20-21-9-13-24(34)14-10-21)19-36-25-15-11-23(12-16-25)32-28-7-4-6-26(28)27-5-2-3-8-30(27)37-32/h2-6,8-19,26,28,32,37H,7,20H2,1H3/t26-,28-,32-/m0/s1. The molecule has 6 rings (SSSR count). The van der Waals surface area contributed by atoms with Gasteiger partial charge < -0.3 is 14.8 Å². The predicted molar refractivity (Wildman–Crippen MR) is 163 cm³/mol. The summed E-state index contributed by atoms with van der Waals surface area (Å²) in [5.74, 6) is 2.07. The van der Waals surface area contributed by atoms with Crippen molar-refractivity contribution < 1.29 is 9.47 Å². The molecule has 2 aliphatic rings. The highest BCUT2D eigenvalue weighted by Gasteiger charge is 2.37. The Morgan fingerprint density at radius 1 is 1.03 bits per heavy atom. The van der Waals surface area contributed by atoms with Gasteiger partial charge in [-0.1, -0.05) is 82.1 Å². The monoisotopic (exact) mass is 598 g/mol. The van der Waals surface area contributed by atoms with Crippen molar-refractivity contribution in [1.29, 1.82) is 0 Å². The van der Waals surface area contributed by atoms with Gasteiger partial charge in [-0.05, 0) is 77.1 Å². The number of nitrogens with zero attached hydrogens (tertiary/aromatic N) is 1. The van der Waals surface area contributed by atoms with Gasteiger partial charge in [0.05, 0.1) is 23.9 Å². The molecule has 0 amide bonds. The Hall–Kier alpha value is -3.54. The van der Waals surface area contributed by atoms with E-state index in [2.05, 4.69) is 81.9 Å². The summed E-state index contributed by atoms with van der Waals surface area (Å²) in [6, 6.07) is 29.1. The van der Waals surface area contributed by atoms with Gasteiger partial charge in [-0.2, -0.15) is 0 Å². The summed E-state index contributed by atoms with van der Waals surface area (Å²) >= 11 is 10.0. The number of hydrogen-bond acceptors (Lipinski definition) is 4. The molecule has 3 atom stereocenters. The van der Waals surface area contributed by atoms with Crippen molar-refractivity contribution in [2.24, 2.45) is 10.9 Å². The van der Waals surface area contributed by atoms with Gasteiger partial charge in [-0.15, -0.1) is 0 Å². The zero-order valence-electron chi connectivity index (χ0n) is 21.5. The number of methoxy groups -OCH3 is 1. The van der Waals surface area contributed by atoms with Gasteiger partial charge in [-0.3, -0.25) is 4.99 Å². The zero-order chi connectivity index (χ0) is 26.8. The number of allylic oxidation sites excluding steroid dienone is 2. The lowest BCUT2D eigenvalue weighted by Gasteiger charge is -2.37. The van der Waals surface area contributed by atoms with Crippen LogP contribution in [0, 0.1) is 5.92 Å². The number of rotatable bonds is 7. The van der Waals surface area contributed by atoms with Gasteiger partial charge in [0.15, 0.2) is 11.5 Å². The minimum atomic E-state index is 0.269. The van der Waals surface area contributed by atoms with Crippen LogP contribution in [0.5, 0.6) is 11.5 Å². The molecule has 0 spiro atoms. The summed E-state index contributed by atoms with van der Waals surface area (Å²) in [6.45, 7) is 0.391. The maximum Gasteiger partial charge on any atom is 0.180 e. The second-order valence-corrected chi connectivity index (χ2v) is 11.2. The highest BCUT2D eigenvalue weighted by atomic mass is 79.9. The van der Waals surface area contributed by atoms with Crippen LogP contribution >= 0.6 is 27.5 Å². The molecule has 0 aromatic heterocycles. The minimum Gasteiger partial charge on any atom is -0.493 e. The summed E-state index contributed by atoms with van der Waals surface area (Å²) in [4.78, 5) is 4.70. The Labute approximate surface area is 242 Å². The maximum absolute atomic E-state index is 6.59. The molecule has 39 heavy (non-hydrogen) atoms. The number of ether oxygens (including phenoxy) is 2. The van der Waals surface area contributed by atoms with Crippen molar-refractivity contribution in [2.75, 3.05) is 12.4 Å². The molecule has 6 heteroatoms. The fraction of sp³-hybridized carbons (Fsp3) is 0.182. The van der Waals surface area contributed by atoms with Crippen LogP contribution in [0.15, 0.2) is 107 Å². The highest BCUT2D eigenvalue weighted by molar-refractivity contribution is 9.10. The van der Waals surface area contributed by atoms with Gasteiger partial charge in [0.1, 0.15) is 6.61 Å². The number of benzene rings is 4. The first kappa shape index (κ1) is 25.7. The lowest BCUT2D eigenvalue weighted by molar-refractivity contribution is 0.284. The van der Waals surface area contributed by atoms with Crippen molar-refractivity contribution in [3.63, 3.8) is 0 Å². The number of anilines is 1. The molecule has 0 saturated carbocycles. The summed E-state index contributed by atoms with van der Waals surface area (Å²) < 4.78 is 12.6. The van der Waals surface area contributed by atoms with Gasteiger partial charge in [-0.25, -0.2) is 0 Å². The van der Waals surface area contributed by atoms with Crippen LogP contribution in [0.2, 0.25) is 5.02 Å². The Balaban J connectivity index is 1.16. The summed E-state index contributed by atoms with van der Waals surface area (Å²) in [7, 11) is 1.61. The van der Waals surface area contributed by atoms with E-state index in [4.69, 9.17) is 26.1 Å². The first-order valence-electron chi connectivity index (χ1n) is 13.0. The fourth-order valence-electron chi connectivity index (χ4n) is 5.48. The van der Waals surface area contributed by atoms with Crippen LogP contribution in [0.4, 0.5) is 11.4 Å². The molecule has 1 aliphatic heterocycles. The van der Waals surface area contributed by atoms with Crippen LogP contribution in [-0.4, -0.2) is 13.3 Å². The summed E-state index contributed by atoms with van der Waals surface area (Å²) in [6.07, 6.45) is 7.57. The second kappa shape index (κ2) is 11.3. The molecule has 0 unspecified atom stereocenters. The van der Waals surface area contributed by atoms with Gasteiger partial charge in [0, 0.05) is 22.3 Å². The lowest BCUT2D eigenvalue weighted by Crippen LogP contribution is -2.28. The van der Waals surface area contributed by atoms with E-state index in [0.717, 1.165) is 27.7 Å². The van der Waals surface area contributed by atoms with E-state index < -0.39 is 0 Å². The Kier molecular flexibility index (Phi) is 7.45. The number of para-hydroxylation sites is 1. The van der Waals surface area contributed by atoms with Crippen molar-refractivity contribution in [2.45, 2.75) is 25.0 Å². The van der Waals surface area contributed by atoms with Gasteiger partial charge >= 0.3 is 0 Å². The smallest absolute Gasteiger partial charge is 0.180 e. The third-order valence-corrected chi connectivity index (χ3v) is 8.24. The second-order valence-electron chi connectivity index (χ2n) is 9.86. The van der Waals surface area contributed by atoms with E-state index >= 15 is 0 Å². The molecule has 4 aromatic carbocycles. The van der Waals surface area contributed by atoms with Crippen LogP contribution in [0.3, 0.4) is 0 Å². The van der Waals surface area contributed by atoms with E-state index in [9.17, 15) is 0 Å². The van der Waals surface area contributed by atoms with Gasteiger partial charge in [0.2, 0.25) is 0 Å². The first-order chi connectivity index (χ1) is 19.1. The van der Waals surface area contributed by atoms with E-state index in [1.807, 2.05) is 36.4 Å². The number of fused-ring (bicyclic) bond motifs is 3. The largest absolute Gasteiger partial charge is 0.493 e. The molecule has 4 nitrogen and oxygen atoms in total. The molecule has 0 radical (unpaired) electrons. The van der Waals surface area contributed by atoms with E-state index in [1.54, 1.807) is 13.3 Å². The van der Waals surface area contributed by atoms with Crippen LogP contribution < -0.4 is 14.8 Å². The minimum absolute atomic E-state index is 0.269. The number of hydrogen-bond donors (Lipinski definition) is 1. The Morgan fingerprint density at radius 2 is 1.82 bits per heavy atom. The van der Waals surface area contributed by atoms with Gasteiger partial charge in [0.25, 0.3) is 0 Å². The first-order valence-corrected chi connectivity index (χ1v) is 14.2. The predicted octanol–water partition coefficient (Wildman–Crippen LogP) is 9.27. The van der Waals surface area contributed by atoms with Crippen molar-refractivity contribution in [3.05, 3.63) is 129 Å².